The summed E-state index contributed by atoms with van der Waals surface area (Å²) in [5, 5.41) is 3.68. The predicted molar refractivity (Wildman–Crippen MR) is 118 cm³/mol. The Morgan fingerprint density at radius 2 is 1.79 bits per heavy atom. The third-order valence-electron chi connectivity index (χ3n) is 4.31. The first-order chi connectivity index (χ1) is 13.5. The first-order valence-electron chi connectivity index (χ1n) is 8.93. The summed E-state index contributed by atoms with van der Waals surface area (Å²) in [4.78, 5) is 12.6. The van der Waals surface area contributed by atoms with E-state index in [0.29, 0.717) is 27.0 Å². The number of hydrogen-bond donors (Lipinski definition) is 1. The number of anilines is 1. The predicted octanol–water partition coefficient (Wildman–Crippen LogP) is 3.96. The summed E-state index contributed by atoms with van der Waals surface area (Å²) in [6.07, 6.45) is 1.06. The van der Waals surface area contributed by atoms with Crippen LogP contribution in [-0.2, 0) is 14.8 Å². The number of amides is 1. The van der Waals surface area contributed by atoms with Crippen LogP contribution in [0.15, 0.2) is 36.4 Å². The molecule has 0 radical (unpaired) electrons. The number of halogens is 2. The molecule has 158 valence electrons. The first kappa shape index (κ1) is 23.3. The summed E-state index contributed by atoms with van der Waals surface area (Å²) in [6, 6.07) is 9.28. The molecule has 0 saturated carbocycles. The number of benzene rings is 2. The van der Waals surface area contributed by atoms with Crippen LogP contribution in [0.5, 0.6) is 5.75 Å². The van der Waals surface area contributed by atoms with Crippen molar-refractivity contribution in [2.75, 3.05) is 23.7 Å². The Morgan fingerprint density at radius 3 is 2.41 bits per heavy atom. The van der Waals surface area contributed by atoms with Gasteiger partial charge in [-0.25, -0.2) is 8.42 Å². The minimum absolute atomic E-state index is 0.209. The summed E-state index contributed by atoms with van der Waals surface area (Å²) in [5.41, 5.74) is 2.01. The van der Waals surface area contributed by atoms with Gasteiger partial charge in [-0.2, -0.15) is 0 Å². The van der Waals surface area contributed by atoms with Gasteiger partial charge in [0.25, 0.3) is 0 Å². The third kappa shape index (κ3) is 6.26. The van der Waals surface area contributed by atoms with E-state index < -0.39 is 22.0 Å². The van der Waals surface area contributed by atoms with E-state index >= 15 is 0 Å². The lowest BCUT2D eigenvalue weighted by Crippen LogP contribution is -2.48. The molecule has 1 amide bonds. The fourth-order valence-electron chi connectivity index (χ4n) is 2.76. The maximum atomic E-state index is 12.6. The highest BCUT2D eigenvalue weighted by molar-refractivity contribution is 7.92. The second-order valence-corrected chi connectivity index (χ2v) is 9.42. The van der Waals surface area contributed by atoms with Crippen LogP contribution in [0, 0.1) is 13.8 Å². The van der Waals surface area contributed by atoms with Crippen molar-refractivity contribution in [2.45, 2.75) is 26.8 Å². The molecule has 0 fully saturated rings. The second-order valence-electron chi connectivity index (χ2n) is 6.72. The zero-order valence-corrected chi connectivity index (χ0v) is 19.0. The standard InChI is InChI=1S/C20H24Cl2N2O4S/c1-13-6-8-17(12-18(13)22)28-10-9-23-20(25)15(3)24(29(4,26)27)19-11-16(21)7-5-14(19)2/h5-8,11-12,15H,9-10H2,1-4H3,(H,23,25). The first-order valence-corrected chi connectivity index (χ1v) is 11.5. The molecular formula is C20H24Cl2N2O4S. The van der Waals surface area contributed by atoms with Gasteiger partial charge in [0, 0.05) is 10.0 Å². The number of hydrogen-bond acceptors (Lipinski definition) is 4. The smallest absolute Gasteiger partial charge is 0.243 e. The maximum Gasteiger partial charge on any atom is 0.243 e. The van der Waals surface area contributed by atoms with E-state index in [0.717, 1.165) is 16.1 Å². The zero-order valence-electron chi connectivity index (χ0n) is 16.7. The van der Waals surface area contributed by atoms with Gasteiger partial charge in [0.2, 0.25) is 15.9 Å². The van der Waals surface area contributed by atoms with Crippen molar-refractivity contribution in [1.82, 2.24) is 5.32 Å². The molecule has 0 heterocycles. The lowest BCUT2D eigenvalue weighted by atomic mass is 10.2. The number of carbonyl (C=O) groups is 1. The van der Waals surface area contributed by atoms with Crippen LogP contribution in [0.4, 0.5) is 5.69 Å². The summed E-state index contributed by atoms with van der Waals surface area (Å²) in [7, 11) is -3.72. The van der Waals surface area contributed by atoms with Gasteiger partial charge in [0.15, 0.2) is 0 Å². The Morgan fingerprint density at radius 1 is 1.14 bits per heavy atom. The van der Waals surface area contributed by atoms with Gasteiger partial charge in [0.1, 0.15) is 18.4 Å². The van der Waals surface area contributed by atoms with Crippen molar-refractivity contribution in [1.29, 1.82) is 0 Å². The number of ether oxygens (including phenoxy) is 1. The number of sulfonamides is 1. The van der Waals surface area contributed by atoms with Crippen LogP contribution < -0.4 is 14.4 Å². The van der Waals surface area contributed by atoms with E-state index in [-0.39, 0.29) is 13.2 Å². The highest BCUT2D eigenvalue weighted by atomic mass is 35.5. The second kappa shape index (κ2) is 9.69. The molecule has 2 aromatic carbocycles. The van der Waals surface area contributed by atoms with Gasteiger partial charge in [-0.3, -0.25) is 9.10 Å². The van der Waals surface area contributed by atoms with E-state index in [1.807, 2.05) is 13.0 Å². The van der Waals surface area contributed by atoms with Crippen LogP contribution in [0.3, 0.4) is 0 Å². The van der Waals surface area contributed by atoms with Crippen LogP contribution >= 0.6 is 23.2 Å². The van der Waals surface area contributed by atoms with Crippen molar-refractivity contribution in [3.05, 3.63) is 57.6 Å². The molecular weight excluding hydrogens is 435 g/mol. The number of aryl methyl sites for hydroxylation is 2. The summed E-state index contributed by atoms with van der Waals surface area (Å²) in [6.45, 7) is 5.60. The van der Waals surface area contributed by atoms with Crippen molar-refractivity contribution < 1.29 is 17.9 Å². The van der Waals surface area contributed by atoms with Crippen molar-refractivity contribution >= 4 is 44.8 Å². The topological polar surface area (TPSA) is 75.7 Å². The third-order valence-corrected chi connectivity index (χ3v) is 6.18. The lowest BCUT2D eigenvalue weighted by molar-refractivity contribution is -0.121. The molecule has 6 nitrogen and oxygen atoms in total. The fraction of sp³-hybridized carbons (Fsp3) is 0.350. The van der Waals surface area contributed by atoms with Crippen molar-refractivity contribution in [2.24, 2.45) is 0 Å². The van der Waals surface area contributed by atoms with Crippen molar-refractivity contribution in [3.8, 4) is 5.75 Å². The summed E-state index contributed by atoms with van der Waals surface area (Å²) in [5.74, 6) is 0.149. The van der Waals surface area contributed by atoms with E-state index in [9.17, 15) is 13.2 Å². The average molecular weight is 459 g/mol. The van der Waals surface area contributed by atoms with Crippen molar-refractivity contribution in [3.63, 3.8) is 0 Å². The van der Waals surface area contributed by atoms with Gasteiger partial charge in [-0.05, 0) is 56.2 Å². The Bertz CT molecular complexity index is 996. The average Bonchev–Trinajstić information content (AvgIpc) is 2.63. The molecule has 1 unspecified atom stereocenters. The molecule has 2 aromatic rings. The van der Waals surface area contributed by atoms with Gasteiger partial charge >= 0.3 is 0 Å². The van der Waals surface area contributed by atoms with Crippen LogP contribution in [0.1, 0.15) is 18.1 Å². The largest absolute Gasteiger partial charge is 0.492 e. The number of nitrogens with zero attached hydrogens (tertiary/aromatic N) is 1. The molecule has 1 atom stereocenters. The van der Waals surface area contributed by atoms with E-state index in [2.05, 4.69) is 5.32 Å². The van der Waals surface area contributed by atoms with Gasteiger partial charge < -0.3 is 10.1 Å². The lowest BCUT2D eigenvalue weighted by Gasteiger charge is -2.29. The monoisotopic (exact) mass is 458 g/mol. The quantitative estimate of drug-likeness (QED) is 0.607. The molecule has 0 aliphatic carbocycles. The molecule has 29 heavy (non-hydrogen) atoms. The molecule has 1 N–H and O–H groups in total. The fourth-order valence-corrected chi connectivity index (χ4v) is 4.32. The summed E-state index contributed by atoms with van der Waals surface area (Å²) >= 11 is 12.1. The van der Waals surface area contributed by atoms with Gasteiger partial charge in [-0.15, -0.1) is 0 Å². The molecule has 0 bridgehead atoms. The molecule has 0 aliphatic rings. The Hall–Kier alpha value is -1.96. The highest BCUT2D eigenvalue weighted by Crippen LogP contribution is 2.28. The van der Waals surface area contributed by atoms with Gasteiger partial charge in [-0.1, -0.05) is 35.3 Å². The summed E-state index contributed by atoms with van der Waals surface area (Å²) < 4.78 is 31.4. The molecule has 0 saturated heterocycles. The Kier molecular flexibility index (Phi) is 7.80. The highest BCUT2D eigenvalue weighted by Gasteiger charge is 2.30. The van der Waals surface area contributed by atoms with E-state index in [1.165, 1.54) is 13.0 Å². The molecule has 0 spiro atoms. The SMILES string of the molecule is Cc1ccc(OCCNC(=O)C(C)N(c2cc(Cl)ccc2C)S(C)(=O)=O)cc1Cl. The molecule has 0 aromatic heterocycles. The van der Waals surface area contributed by atoms with Crippen LogP contribution in [0.25, 0.3) is 0 Å². The normalized spacial score (nSPS) is 12.3. The van der Waals surface area contributed by atoms with Gasteiger partial charge in [0.05, 0.1) is 18.5 Å². The molecule has 9 heteroatoms. The number of nitrogens with one attached hydrogen (secondary N) is 1. The van der Waals surface area contributed by atoms with E-state index in [4.69, 9.17) is 27.9 Å². The Labute approximate surface area is 181 Å². The van der Waals surface area contributed by atoms with Crippen LogP contribution in [0.2, 0.25) is 10.0 Å². The van der Waals surface area contributed by atoms with Crippen LogP contribution in [-0.4, -0.2) is 39.8 Å². The number of carbonyl (C=O) groups excluding carboxylic acids is 1. The zero-order chi connectivity index (χ0) is 21.8. The molecule has 0 aliphatic heterocycles. The van der Waals surface area contributed by atoms with E-state index in [1.54, 1.807) is 31.2 Å². The minimum Gasteiger partial charge on any atom is -0.492 e. The molecule has 2 rings (SSSR count). The Balaban J connectivity index is 2.04. The number of rotatable bonds is 8. The minimum atomic E-state index is -3.72. The maximum absolute atomic E-state index is 12.6.